The largest absolute Gasteiger partial charge is 0.334 e. The molecule has 2 rings (SSSR count). The fraction of sp³-hybridized carbons (Fsp3) is 0.526. The van der Waals surface area contributed by atoms with Gasteiger partial charge in [-0.25, -0.2) is 4.85 Å². The van der Waals surface area contributed by atoms with Crippen LogP contribution < -0.4 is 4.90 Å². The second-order valence-electron chi connectivity index (χ2n) is 7.09. The molecule has 1 aromatic rings. The Hall–Kier alpha value is -2.62. The molecule has 1 aliphatic heterocycles. The molecule has 1 aromatic carbocycles. The Kier molecular flexibility index (Phi) is 6.78. The number of anilines is 1. The van der Waals surface area contributed by atoms with Gasteiger partial charge in [-0.3, -0.25) is 9.69 Å². The second kappa shape index (κ2) is 8.85. The normalized spacial score (nSPS) is 15.6. The summed E-state index contributed by atoms with van der Waals surface area (Å²) in [5, 5.41) is 4.04. The highest BCUT2D eigenvalue weighted by atomic mass is 32.1. The summed E-state index contributed by atoms with van der Waals surface area (Å²) in [6.45, 7) is 14.0. The summed E-state index contributed by atoms with van der Waals surface area (Å²) in [6.07, 6.45) is 3.75. The zero-order chi connectivity index (χ0) is 20.0. The Morgan fingerprint density at radius 2 is 1.96 bits per heavy atom. The zero-order valence-electron chi connectivity index (χ0n) is 16.0. The molecule has 0 saturated carbocycles. The monoisotopic (exact) mass is 384 g/mol. The maximum atomic E-state index is 13.0. The van der Waals surface area contributed by atoms with Crippen LogP contribution >= 0.6 is 12.2 Å². The highest BCUT2D eigenvalue weighted by Crippen LogP contribution is 2.34. The minimum Gasteiger partial charge on any atom is -0.334 e. The summed E-state index contributed by atoms with van der Waals surface area (Å²) >= 11 is 5.63. The van der Waals surface area contributed by atoms with Gasteiger partial charge in [0.25, 0.3) is 5.91 Å². The molecular weight excluding hydrogens is 360 g/mol. The number of azide groups is 1. The zero-order valence-corrected chi connectivity index (χ0v) is 16.8. The second-order valence-corrected chi connectivity index (χ2v) is 7.45. The maximum absolute atomic E-state index is 13.0. The lowest BCUT2D eigenvalue weighted by Crippen LogP contribution is -2.44. The predicted molar refractivity (Wildman–Crippen MR) is 111 cm³/mol. The van der Waals surface area contributed by atoms with E-state index in [1.807, 2.05) is 31.7 Å². The maximum Gasteiger partial charge on any atom is 0.258 e. The Labute approximate surface area is 165 Å². The number of carbonyl (C=O) groups is 1. The lowest BCUT2D eigenvalue weighted by atomic mass is 10.0. The van der Waals surface area contributed by atoms with Crippen LogP contribution in [-0.4, -0.2) is 34.5 Å². The minimum absolute atomic E-state index is 0.0502. The van der Waals surface area contributed by atoms with Gasteiger partial charge in [0.05, 0.1) is 6.57 Å². The van der Waals surface area contributed by atoms with Crippen LogP contribution in [0.5, 0.6) is 0 Å². The summed E-state index contributed by atoms with van der Waals surface area (Å²) in [5.74, 6) is -0.0502. The molecular formula is C19H24N6OS. The highest BCUT2D eigenvalue weighted by molar-refractivity contribution is 7.80. The number of aryl methyl sites for hydroxylation is 1. The molecule has 0 radical (unpaired) electrons. The van der Waals surface area contributed by atoms with Gasteiger partial charge in [-0.1, -0.05) is 24.0 Å². The first-order valence-corrected chi connectivity index (χ1v) is 9.40. The molecule has 8 heteroatoms. The van der Waals surface area contributed by atoms with E-state index in [1.165, 1.54) is 0 Å². The first-order chi connectivity index (χ1) is 12.8. The Morgan fingerprint density at radius 3 is 2.59 bits per heavy atom. The number of benzene rings is 1. The fourth-order valence-electron chi connectivity index (χ4n) is 3.19. The van der Waals surface area contributed by atoms with Crippen molar-refractivity contribution in [1.29, 1.82) is 0 Å². The van der Waals surface area contributed by atoms with Crippen molar-refractivity contribution in [2.75, 3.05) is 18.0 Å². The average Bonchev–Trinajstić information content (AvgIpc) is 2.80. The fourth-order valence-corrected chi connectivity index (χ4v) is 3.70. The van der Waals surface area contributed by atoms with Crippen molar-refractivity contribution in [2.45, 2.75) is 52.0 Å². The molecule has 1 saturated heterocycles. The molecule has 7 nitrogen and oxygen atoms in total. The first kappa shape index (κ1) is 20.7. The molecule has 0 N–H and O–H groups in total. The van der Waals surface area contributed by atoms with E-state index in [0.29, 0.717) is 29.6 Å². The summed E-state index contributed by atoms with van der Waals surface area (Å²) in [4.78, 5) is 22.8. The van der Waals surface area contributed by atoms with Crippen molar-refractivity contribution in [2.24, 2.45) is 5.11 Å². The number of hydrogen-bond donors (Lipinski definition) is 0. The topological polar surface area (TPSA) is 76.7 Å². The predicted octanol–water partition coefficient (Wildman–Crippen LogP) is 5.13. The van der Waals surface area contributed by atoms with E-state index in [1.54, 1.807) is 17.0 Å². The van der Waals surface area contributed by atoms with Crippen LogP contribution in [0.2, 0.25) is 0 Å². The van der Waals surface area contributed by atoms with E-state index in [-0.39, 0.29) is 5.91 Å². The Morgan fingerprint density at radius 1 is 1.26 bits per heavy atom. The molecule has 1 heterocycles. The number of unbranched alkanes of at least 4 members (excludes halogenated alkanes) is 3. The van der Waals surface area contributed by atoms with Gasteiger partial charge < -0.3 is 4.90 Å². The van der Waals surface area contributed by atoms with Crippen LogP contribution in [0.4, 0.5) is 11.4 Å². The number of nitrogens with zero attached hydrogens (tertiary/aromatic N) is 6. The molecule has 1 amide bonds. The number of carbonyl (C=O) groups excluding carboxylic acids is 1. The van der Waals surface area contributed by atoms with Crippen LogP contribution in [-0.2, 0) is 4.79 Å². The molecule has 0 unspecified atom stereocenters. The van der Waals surface area contributed by atoms with Crippen molar-refractivity contribution >= 4 is 34.6 Å². The van der Waals surface area contributed by atoms with Crippen LogP contribution in [0.25, 0.3) is 15.3 Å². The van der Waals surface area contributed by atoms with Gasteiger partial charge in [0, 0.05) is 23.7 Å². The van der Waals surface area contributed by atoms with Crippen LogP contribution in [0, 0.1) is 13.5 Å². The molecule has 0 bridgehead atoms. The highest BCUT2D eigenvalue weighted by Gasteiger charge is 2.49. The summed E-state index contributed by atoms with van der Waals surface area (Å²) in [7, 11) is 0. The van der Waals surface area contributed by atoms with E-state index in [4.69, 9.17) is 24.3 Å². The van der Waals surface area contributed by atoms with E-state index in [2.05, 4.69) is 14.9 Å². The van der Waals surface area contributed by atoms with Crippen molar-refractivity contribution in [1.82, 2.24) is 4.90 Å². The molecule has 0 aromatic heterocycles. The molecule has 0 atom stereocenters. The molecule has 142 valence electrons. The van der Waals surface area contributed by atoms with Crippen molar-refractivity contribution in [3.05, 3.63) is 45.6 Å². The van der Waals surface area contributed by atoms with Gasteiger partial charge in [0.2, 0.25) is 0 Å². The van der Waals surface area contributed by atoms with E-state index in [9.17, 15) is 4.79 Å². The van der Waals surface area contributed by atoms with Crippen molar-refractivity contribution in [3.63, 3.8) is 0 Å². The average molecular weight is 385 g/mol. The lowest BCUT2D eigenvalue weighted by molar-refractivity contribution is -0.123. The Balaban J connectivity index is 2.07. The van der Waals surface area contributed by atoms with Gasteiger partial charge >= 0.3 is 0 Å². The number of rotatable bonds is 8. The van der Waals surface area contributed by atoms with Crippen LogP contribution in [0.3, 0.4) is 0 Å². The van der Waals surface area contributed by atoms with Gasteiger partial charge in [0.1, 0.15) is 5.54 Å². The third kappa shape index (κ3) is 4.38. The van der Waals surface area contributed by atoms with Gasteiger partial charge in [-0.2, -0.15) is 0 Å². The third-order valence-electron chi connectivity index (χ3n) is 4.84. The minimum atomic E-state index is -0.700. The lowest BCUT2D eigenvalue weighted by Gasteiger charge is -2.29. The first-order valence-electron chi connectivity index (χ1n) is 8.99. The van der Waals surface area contributed by atoms with Gasteiger partial charge in [-0.15, -0.1) is 0 Å². The van der Waals surface area contributed by atoms with Gasteiger partial charge in [-0.05, 0) is 69.1 Å². The smallest absolute Gasteiger partial charge is 0.258 e. The molecule has 27 heavy (non-hydrogen) atoms. The van der Waals surface area contributed by atoms with Gasteiger partial charge in [0.15, 0.2) is 10.8 Å². The standard InChI is InChI=1S/C19H24N6OS/c1-14-13-15(9-10-16(14)21-4)25-17(26)19(2,3)24(18(25)27)12-8-6-5-7-11-22-23-20/h9-10,13H,5-8,11-12H2,1-3H3. The van der Waals surface area contributed by atoms with Crippen LogP contribution in [0.1, 0.15) is 45.1 Å². The molecule has 0 spiro atoms. The third-order valence-corrected chi connectivity index (χ3v) is 5.24. The van der Waals surface area contributed by atoms with E-state index >= 15 is 0 Å². The number of hydrogen-bond acceptors (Lipinski definition) is 3. The molecule has 0 aliphatic carbocycles. The number of amides is 1. The Bertz CT molecular complexity index is 822. The van der Waals surface area contributed by atoms with E-state index in [0.717, 1.165) is 31.2 Å². The van der Waals surface area contributed by atoms with Crippen molar-refractivity contribution < 1.29 is 4.79 Å². The quantitative estimate of drug-likeness (QED) is 0.156. The van der Waals surface area contributed by atoms with Crippen molar-refractivity contribution in [3.8, 4) is 0 Å². The summed E-state index contributed by atoms with van der Waals surface area (Å²) in [6, 6.07) is 5.35. The molecule has 1 fully saturated rings. The SMILES string of the molecule is [C-]#[N+]c1ccc(N2C(=O)C(C)(C)N(CCCCCCN=[N+]=[N-])C2=S)cc1C. The molecule has 1 aliphatic rings. The van der Waals surface area contributed by atoms with E-state index < -0.39 is 5.54 Å². The van der Waals surface area contributed by atoms with Crippen LogP contribution in [0.15, 0.2) is 23.3 Å². The summed E-state index contributed by atoms with van der Waals surface area (Å²) < 4.78 is 0. The number of thiocarbonyl (C=S) groups is 1. The summed E-state index contributed by atoms with van der Waals surface area (Å²) in [5.41, 5.74) is 9.69.